The molecular formula is C12H8Br3N. The molecule has 0 saturated heterocycles. The van der Waals surface area contributed by atoms with E-state index in [0.717, 1.165) is 24.8 Å². The lowest BCUT2D eigenvalue weighted by Crippen LogP contribution is -1.90. The molecule has 0 amide bonds. The maximum Gasteiger partial charge on any atom is 0.0528 e. The number of benzene rings is 2. The highest BCUT2D eigenvalue weighted by Crippen LogP contribution is 2.30. The zero-order chi connectivity index (χ0) is 11.5. The van der Waals surface area contributed by atoms with Crippen molar-refractivity contribution in [1.82, 2.24) is 0 Å². The first-order valence-electron chi connectivity index (χ1n) is 4.63. The summed E-state index contributed by atoms with van der Waals surface area (Å²) in [6.07, 6.45) is 0. The van der Waals surface area contributed by atoms with E-state index in [-0.39, 0.29) is 0 Å². The second-order valence-electron chi connectivity index (χ2n) is 3.23. The van der Waals surface area contributed by atoms with Crippen LogP contribution in [0.25, 0.3) is 0 Å². The molecule has 2 aromatic carbocycles. The Kier molecular flexibility index (Phi) is 4.05. The molecule has 0 fully saturated rings. The molecule has 0 aliphatic heterocycles. The van der Waals surface area contributed by atoms with Gasteiger partial charge in [-0.05, 0) is 78.1 Å². The van der Waals surface area contributed by atoms with Crippen LogP contribution in [-0.2, 0) is 0 Å². The summed E-state index contributed by atoms with van der Waals surface area (Å²) in [6.45, 7) is 0. The molecule has 1 N–H and O–H groups in total. The molecule has 0 heterocycles. The van der Waals surface area contributed by atoms with Crippen LogP contribution in [0.1, 0.15) is 0 Å². The Morgan fingerprint density at radius 2 is 1.50 bits per heavy atom. The van der Waals surface area contributed by atoms with Crippen LogP contribution >= 0.6 is 47.8 Å². The van der Waals surface area contributed by atoms with E-state index < -0.39 is 0 Å². The molecule has 0 bridgehead atoms. The zero-order valence-corrected chi connectivity index (χ0v) is 12.9. The zero-order valence-electron chi connectivity index (χ0n) is 8.18. The molecule has 82 valence electrons. The van der Waals surface area contributed by atoms with Gasteiger partial charge in [0, 0.05) is 19.1 Å². The van der Waals surface area contributed by atoms with Crippen LogP contribution in [0.2, 0.25) is 0 Å². The van der Waals surface area contributed by atoms with Crippen molar-refractivity contribution in [2.45, 2.75) is 0 Å². The highest BCUT2D eigenvalue weighted by atomic mass is 79.9. The van der Waals surface area contributed by atoms with Gasteiger partial charge in [0.15, 0.2) is 0 Å². The predicted octanol–water partition coefficient (Wildman–Crippen LogP) is 5.72. The second kappa shape index (κ2) is 5.34. The molecular weight excluding hydrogens is 398 g/mol. The highest BCUT2D eigenvalue weighted by Gasteiger charge is 2.01. The van der Waals surface area contributed by atoms with Gasteiger partial charge in [0.05, 0.1) is 5.69 Å². The van der Waals surface area contributed by atoms with Crippen molar-refractivity contribution in [3.63, 3.8) is 0 Å². The maximum atomic E-state index is 3.50. The molecule has 0 spiro atoms. The van der Waals surface area contributed by atoms with Gasteiger partial charge in [-0.2, -0.15) is 0 Å². The van der Waals surface area contributed by atoms with Gasteiger partial charge in [-0.15, -0.1) is 0 Å². The number of rotatable bonds is 2. The van der Waals surface area contributed by atoms with E-state index in [1.165, 1.54) is 0 Å². The molecule has 2 aromatic rings. The van der Waals surface area contributed by atoms with Crippen LogP contribution in [0.5, 0.6) is 0 Å². The monoisotopic (exact) mass is 403 g/mol. The summed E-state index contributed by atoms with van der Waals surface area (Å²) in [5.41, 5.74) is 2.10. The predicted molar refractivity (Wildman–Crippen MR) is 79.3 cm³/mol. The quantitative estimate of drug-likeness (QED) is 0.674. The fourth-order valence-electron chi connectivity index (χ4n) is 1.29. The minimum atomic E-state index is 1.03. The lowest BCUT2D eigenvalue weighted by atomic mass is 10.3. The summed E-state index contributed by atoms with van der Waals surface area (Å²) in [4.78, 5) is 0. The van der Waals surface area contributed by atoms with Crippen molar-refractivity contribution in [3.05, 3.63) is 55.9 Å². The van der Waals surface area contributed by atoms with Gasteiger partial charge in [-0.1, -0.05) is 12.1 Å². The Labute approximate surface area is 120 Å². The third-order valence-corrected chi connectivity index (χ3v) is 4.64. The third kappa shape index (κ3) is 2.87. The van der Waals surface area contributed by atoms with Crippen molar-refractivity contribution in [2.75, 3.05) is 5.32 Å². The number of para-hydroxylation sites is 1. The Morgan fingerprint density at radius 3 is 2.19 bits per heavy atom. The van der Waals surface area contributed by atoms with Crippen LogP contribution in [0.3, 0.4) is 0 Å². The topological polar surface area (TPSA) is 12.0 Å². The Balaban J connectivity index is 2.28. The first-order chi connectivity index (χ1) is 7.66. The first kappa shape index (κ1) is 12.1. The number of hydrogen-bond donors (Lipinski definition) is 1. The smallest absolute Gasteiger partial charge is 0.0528 e. The van der Waals surface area contributed by atoms with Gasteiger partial charge in [0.2, 0.25) is 0 Å². The lowest BCUT2D eigenvalue weighted by Gasteiger charge is -2.09. The molecule has 0 aliphatic carbocycles. The Hall–Kier alpha value is -0.320. The molecule has 0 saturated carbocycles. The van der Waals surface area contributed by atoms with Crippen LogP contribution in [0.4, 0.5) is 11.4 Å². The molecule has 16 heavy (non-hydrogen) atoms. The van der Waals surface area contributed by atoms with Gasteiger partial charge in [0.1, 0.15) is 0 Å². The normalized spacial score (nSPS) is 10.2. The van der Waals surface area contributed by atoms with Crippen LogP contribution in [0, 0.1) is 0 Å². The van der Waals surface area contributed by atoms with Crippen molar-refractivity contribution in [2.24, 2.45) is 0 Å². The van der Waals surface area contributed by atoms with Crippen molar-refractivity contribution in [3.8, 4) is 0 Å². The fourth-order valence-corrected chi connectivity index (χ4v) is 2.30. The van der Waals surface area contributed by atoms with Crippen molar-refractivity contribution < 1.29 is 0 Å². The van der Waals surface area contributed by atoms with E-state index in [4.69, 9.17) is 0 Å². The van der Waals surface area contributed by atoms with Gasteiger partial charge < -0.3 is 5.32 Å². The van der Waals surface area contributed by atoms with E-state index in [1.807, 2.05) is 42.5 Å². The van der Waals surface area contributed by atoms with E-state index >= 15 is 0 Å². The molecule has 0 aromatic heterocycles. The molecule has 0 unspecified atom stereocenters. The van der Waals surface area contributed by atoms with Crippen molar-refractivity contribution >= 4 is 59.2 Å². The minimum absolute atomic E-state index is 1.03. The van der Waals surface area contributed by atoms with Gasteiger partial charge in [-0.25, -0.2) is 0 Å². The summed E-state index contributed by atoms with van der Waals surface area (Å²) >= 11 is 10.4. The van der Waals surface area contributed by atoms with Crippen LogP contribution in [0.15, 0.2) is 55.9 Å². The maximum absolute atomic E-state index is 3.50. The summed E-state index contributed by atoms with van der Waals surface area (Å²) in [5, 5.41) is 3.34. The van der Waals surface area contributed by atoms with E-state index in [2.05, 4.69) is 53.1 Å². The molecule has 0 atom stereocenters. The van der Waals surface area contributed by atoms with Crippen molar-refractivity contribution in [1.29, 1.82) is 0 Å². The molecule has 4 heteroatoms. The largest absolute Gasteiger partial charge is 0.355 e. The first-order valence-corrected chi connectivity index (χ1v) is 7.01. The van der Waals surface area contributed by atoms with Gasteiger partial charge in [-0.3, -0.25) is 0 Å². The SMILES string of the molecule is Brc1ccc(Nc2ccccc2Br)cc1Br. The van der Waals surface area contributed by atoms with Gasteiger partial charge in [0.25, 0.3) is 0 Å². The summed E-state index contributed by atoms with van der Waals surface area (Å²) in [5.74, 6) is 0. The molecule has 2 rings (SSSR count). The van der Waals surface area contributed by atoms with Gasteiger partial charge >= 0.3 is 0 Å². The average molecular weight is 406 g/mol. The fraction of sp³-hybridized carbons (Fsp3) is 0. The summed E-state index contributed by atoms with van der Waals surface area (Å²) < 4.78 is 3.13. The lowest BCUT2D eigenvalue weighted by molar-refractivity contribution is 1.50. The second-order valence-corrected chi connectivity index (χ2v) is 5.80. The molecule has 1 nitrogen and oxygen atoms in total. The molecule has 0 aliphatic rings. The Bertz CT molecular complexity index is 511. The summed E-state index contributed by atoms with van der Waals surface area (Å²) in [7, 11) is 0. The average Bonchev–Trinajstić information content (AvgIpc) is 2.27. The standard InChI is InChI=1S/C12H8Br3N/c13-9-6-5-8(7-11(9)15)16-12-4-2-1-3-10(12)14/h1-7,16H. The van der Waals surface area contributed by atoms with E-state index in [9.17, 15) is 0 Å². The summed E-state index contributed by atoms with van der Waals surface area (Å²) in [6, 6.07) is 14.1. The number of halogens is 3. The number of anilines is 2. The Morgan fingerprint density at radius 1 is 0.750 bits per heavy atom. The third-order valence-electron chi connectivity index (χ3n) is 2.07. The minimum Gasteiger partial charge on any atom is -0.355 e. The number of nitrogens with one attached hydrogen (secondary N) is 1. The van der Waals surface area contributed by atoms with E-state index in [1.54, 1.807) is 0 Å². The molecule has 0 radical (unpaired) electrons. The highest BCUT2D eigenvalue weighted by molar-refractivity contribution is 9.13. The van der Waals surface area contributed by atoms with E-state index in [0.29, 0.717) is 0 Å². The van der Waals surface area contributed by atoms with Crippen LogP contribution < -0.4 is 5.32 Å². The van der Waals surface area contributed by atoms with Crippen LogP contribution in [-0.4, -0.2) is 0 Å². The number of hydrogen-bond acceptors (Lipinski definition) is 1.